The Morgan fingerprint density at radius 3 is 2.51 bits per heavy atom. The lowest BCUT2D eigenvalue weighted by molar-refractivity contribution is -0.384. The molecule has 8 rings (SSSR count). The molecule has 16 heteroatoms. The van der Waals surface area contributed by atoms with E-state index in [2.05, 4.69) is 62.8 Å². The van der Waals surface area contributed by atoms with Crippen LogP contribution in [0.2, 0.25) is 5.02 Å². The van der Waals surface area contributed by atoms with Crippen LogP contribution in [0.25, 0.3) is 15.8 Å². The van der Waals surface area contributed by atoms with Crippen molar-refractivity contribution < 1.29 is 18.7 Å². The molecule has 4 N–H and O–H groups in total. The van der Waals surface area contributed by atoms with Crippen molar-refractivity contribution in [3.63, 3.8) is 0 Å². The second kappa shape index (κ2) is 18.1. The number of fused-ring (bicyclic) bond motifs is 1. The molecule has 13 nitrogen and oxygen atoms in total. The standard InChI is InChI=1S/C45H51ClN8O5S2/c1-45(2)17-14-30(37(27-45)29-4-6-31(46)7-5-29)28-52-20-22-53(23-21-52)33-8-11-36(41(24-33)59-34-9-12-39-42(25-34)60-44(47)49-39)43(55)50-61(58)35-10-13-38(40(26-35)54(56)57)48-32-15-18-51(3)19-16-32/h4-13,24-26,32,48H,14-23,27-28H2,1-3H3,(H2,47,49)(H,50,55). The van der Waals surface area contributed by atoms with Crippen LogP contribution in [0.5, 0.6) is 11.5 Å². The van der Waals surface area contributed by atoms with Crippen LogP contribution >= 0.6 is 22.9 Å². The fraction of sp³-hybridized carbons (Fsp3) is 0.378. The van der Waals surface area contributed by atoms with E-state index in [0.717, 1.165) is 98.8 Å². The van der Waals surface area contributed by atoms with Crippen molar-refractivity contribution in [2.24, 2.45) is 5.41 Å². The molecule has 320 valence electrons. The number of rotatable bonds is 12. The molecule has 1 aliphatic carbocycles. The molecule has 2 fully saturated rings. The van der Waals surface area contributed by atoms with Crippen molar-refractivity contribution in [3.05, 3.63) is 111 Å². The quantitative estimate of drug-likeness (QED) is 0.0811. The van der Waals surface area contributed by atoms with Crippen molar-refractivity contribution >= 4 is 77.8 Å². The number of nitrogens with one attached hydrogen (secondary N) is 2. The lowest BCUT2D eigenvalue weighted by atomic mass is 9.72. The third kappa shape index (κ3) is 10.2. The van der Waals surface area contributed by atoms with Crippen molar-refractivity contribution in [2.45, 2.75) is 56.9 Å². The first-order valence-electron chi connectivity index (χ1n) is 20.7. The molecule has 1 atom stereocenters. The first kappa shape index (κ1) is 42.6. The van der Waals surface area contributed by atoms with Gasteiger partial charge in [-0.2, -0.15) is 0 Å². The predicted molar refractivity (Wildman–Crippen MR) is 246 cm³/mol. The summed E-state index contributed by atoms with van der Waals surface area (Å²) in [6, 6.07) is 23.5. The number of carbonyl (C=O) groups is 1. The number of amides is 1. The van der Waals surface area contributed by atoms with Crippen LogP contribution in [0.1, 0.15) is 61.9 Å². The summed E-state index contributed by atoms with van der Waals surface area (Å²) in [5.74, 6) is 0.110. The van der Waals surface area contributed by atoms with Crippen molar-refractivity contribution in [1.29, 1.82) is 0 Å². The summed E-state index contributed by atoms with van der Waals surface area (Å²) in [5, 5.41) is 16.6. The maximum atomic E-state index is 13.9. The van der Waals surface area contributed by atoms with Crippen LogP contribution in [0.3, 0.4) is 0 Å². The molecular formula is C45H51ClN8O5S2. The van der Waals surface area contributed by atoms with Gasteiger partial charge in [0, 0.05) is 67.7 Å². The van der Waals surface area contributed by atoms with Gasteiger partial charge < -0.3 is 25.6 Å². The molecule has 0 bridgehead atoms. The van der Waals surface area contributed by atoms with Crippen LogP contribution in [0.4, 0.5) is 22.2 Å². The molecule has 1 aromatic heterocycles. The number of piperazine rings is 1. The normalized spacial score (nSPS) is 18.3. The minimum atomic E-state index is -2.11. The highest BCUT2D eigenvalue weighted by Crippen LogP contribution is 2.43. The Hall–Kier alpha value is -5.06. The van der Waals surface area contributed by atoms with Crippen LogP contribution in [0.15, 0.2) is 89.3 Å². The topological polar surface area (TPSA) is 159 Å². The van der Waals surface area contributed by atoms with Crippen molar-refractivity contribution in [2.75, 3.05) is 68.8 Å². The molecule has 4 aromatic carbocycles. The summed E-state index contributed by atoms with van der Waals surface area (Å²) in [4.78, 5) is 37.1. The maximum absolute atomic E-state index is 13.9. The summed E-state index contributed by atoms with van der Waals surface area (Å²) in [5.41, 5.74) is 12.3. The molecule has 5 aromatic rings. The monoisotopic (exact) mass is 882 g/mol. The van der Waals surface area contributed by atoms with Gasteiger partial charge in [-0.25, -0.2) is 9.19 Å². The summed E-state index contributed by atoms with van der Waals surface area (Å²) in [7, 11) is -0.0567. The second-order valence-corrected chi connectivity index (χ2v) is 19.7. The number of carbonyl (C=O) groups excluding carboxylic acids is 1. The molecule has 3 aliphatic rings. The lowest BCUT2D eigenvalue weighted by Gasteiger charge is -2.39. The zero-order valence-corrected chi connectivity index (χ0v) is 37.0. The van der Waals surface area contributed by atoms with E-state index in [4.69, 9.17) is 22.1 Å². The van der Waals surface area contributed by atoms with Gasteiger partial charge in [0.15, 0.2) is 16.1 Å². The van der Waals surface area contributed by atoms with Gasteiger partial charge in [-0.15, -0.1) is 0 Å². The highest BCUT2D eigenvalue weighted by atomic mass is 35.5. The van der Waals surface area contributed by atoms with E-state index in [1.165, 1.54) is 34.1 Å². The smallest absolute Gasteiger partial charge is 0.293 e. The van der Waals surface area contributed by atoms with Crippen LogP contribution in [-0.2, 0) is 11.0 Å². The Bertz CT molecular complexity index is 2490. The Morgan fingerprint density at radius 1 is 1.02 bits per heavy atom. The minimum absolute atomic E-state index is 0.0892. The molecule has 61 heavy (non-hydrogen) atoms. The number of aromatic nitrogens is 1. The first-order valence-corrected chi connectivity index (χ1v) is 23.0. The number of hydrogen-bond acceptors (Lipinski definition) is 12. The highest BCUT2D eigenvalue weighted by molar-refractivity contribution is 7.83. The molecular weight excluding hydrogens is 832 g/mol. The molecule has 3 heterocycles. The number of hydrogen-bond donors (Lipinski definition) is 3. The predicted octanol–water partition coefficient (Wildman–Crippen LogP) is 8.98. The fourth-order valence-corrected chi connectivity index (χ4v) is 10.2. The Morgan fingerprint density at radius 2 is 1.77 bits per heavy atom. The highest BCUT2D eigenvalue weighted by Gasteiger charge is 2.30. The second-order valence-electron chi connectivity index (χ2n) is 17.0. The molecule has 0 saturated carbocycles. The van der Waals surface area contributed by atoms with Crippen LogP contribution < -0.4 is 25.4 Å². The number of nitrogens with zero attached hydrogens (tertiary/aromatic N) is 5. The van der Waals surface area contributed by atoms with Gasteiger partial charge in [0.1, 0.15) is 17.2 Å². The zero-order valence-electron chi connectivity index (χ0n) is 34.6. The molecule has 0 radical (unpaired) electrons. The van der Waals surface area contributed by atoms with Crippen molar-refractivity contribution in [1.82, 2.24) is 19.5 Å². The van der Waals surface area contributed by atoms with Gasteiger partial charge in [-0.3, -0.25) is 24.5 Å². The number of likely N-dealkylation sites (tertiary alicyclic amines) is 1. The van der Waals surface area contributed by atoms with Crippen LogP contribution in [0, 0.1) is 15.5 Å². The van der Waals surface area contributed by atoms with E-state index in [9.17, 15) is 19.1 Å². The fourth-order valence-electron chi connectivity index (χ4n) is 8.46. The zero-order chi connectivity index (χ0) is 42.8. The average molecular weight is 884 g/mol. The van der Waals surface area contributed by atoms with Crippen molar-refractivity contribution in [3.8, 4) is 11.5 Å². The van der Waals surface area contributed by atoms with E-state index in [1.807, 2.05) is 36.4 Å². The van der Waals surface area contributed by atoms with E-state index in [-0.39, 0.29) is 33.4 Å². The Labute approximate surface area is 367 Å². The minimum Gasteiger partial charge on any atom is -0.456 e. The lowest BCUT2D eigenvalue weighted by Crippen LogP contribution is -2.47. The van der Waals surface area contributed by atoms with E-state index in [1.54, 1.807) is 24.3 Å². The van der Waals surface area contributed by atoms with Gasteiger partial charge >= 0.3 is 0 Å². The number of nitrogen functional groups attached to an aromatic ring is 1. The van der Waals surface area contributed by atoms with E-state index >= 15 is 0 Å². The number of ether oxygens (including phenoxy) is 1. The van der Waals surface area contributed by atoms with Gasteiger partial charge in [0.25, 0.3) is 11.6 Å². The summed E-state index contributed by atoms with van der Waals surface area (Å²) in [6.07, 6.45) is 4.96. The Balaban J connectivity index is 0.999. The Kier molecular flexibility index (Phi) is 12.7. The van der Waals surface area contributed by atoms with Gasteiger partial charge in [0.2, 0.25) is 0 Å². The molecule has 2 saturated heterocycles. The number of anilines is 3. The van der Waals surface area contributed by atoms with E-state index < -0.39 is 21.8 Å². The largest absolute Gasteiger partial charge is 0.456 e. The molecule has 1 amide bonds. The number of thiazole rings is 1. The van der Waals surface area contributed by atoms with Gasteiger partial charge in [-0.05, 0) is 117 Å². The summed E-state index contributed by atoms with van der Waals surface area (Å²) < 4.78 is 23.5. The number of halogens is 1. The number of nitrogens with two attached hydrogens (primary N) is 1. The third-order valence-corrected chi connectivity index (χ3v) is 14.1. The number of piperidine rings is 1. The third-order valence-electron chi connectivity index (χ3n) is 12.0. The molecule has 2 aliphatic heterocycles. The van der Waals surface area contributed by atoms with E-state index in [0.29, 0.717) is 16.6 Å². The average Bonchev–Trinajstić information content (AvgIpc) is 3.62. The maximum Gasteiger partial charge on any atom is 0.293 e. The van der Waals surface area contributed by atoms with Gasteiger partial charge in [0.05, 0.1) is 25.6 Å². The number of benzene rings is 4. The molecule has 0 spiro atoms. The summed E-state index contributed by atoms with van der Waals surface area (Å²) in [6.45, 7) is 10.7. The van der Waals surface area contributed by atoms with Crippen LogP contribution in [-0.4, -0.2) is 88.7 Å². The summed E-state index contributed by atoms with van der Waals surface area (Å²) >= 11 is 7.59. The number of nitro benzene ring substituents is 1. The number of allylic oxidation sites excluding steroid dienone is 1. The SMILES string of the molecule is CN1CCC(Nc2ccc(S(=O)NC(=O)c3ccc(N4CCN(CC5=C(c6ccc(Cl)cc6)CC(C)(C)CC5)CC4)cc3Oc3ccc4nc(N)sc4c3)cc2[N+](=O)[O-])CC1. The van der Waals surface area contributed by atoms with Gasteiger partial charge in [-0.1, -0.05) is 54.5 Å². The molecule has 1 unspecified atom stereocenters. The number of nitro groups is 1. The first-order chi connectivity index (χ1) is 29.3.